The number of rotatable bonds is 13. The molecule has 0 spiro atoms. The number of hydrogen-bond donors (Lipinski definition) is 1. The van der Waals surface area contributed by atoms with Gasteiger partial charge in [0.05, 0.1) is 6.10 Å². The highest BCUT2D eigenvalue weighted by atomic mass is 16.3. The molecule has 0 aromatic heterocycles. The molecule has 1 rings (SSSR count). The van der Waals surface area contributed by atoms with Crippen molar-refractivity contribution in [2.45, 2.75) is 78.2 Å². The summed E-state index contributed by atoms with van der Waals surface area (Å²) in [7, 11) is 0. The average Bonchev–Trinajstić information content (AvgIpc) is 2.59. The molecule has 132 valence electrons. The van der Waals surface area contributed by atoms with Gasteiger partial charge >= 0.3 is 0 Å². The molecule has 1 aromatic carbocycles. The Balaban J connectivity index is 2.36. The van der Waals surface area contributed by atoms with Gasteiger partial charge in [-0.3, -0.25) is 0 Å². The minimum absolute atomic E-state index is 0.334. The second-order valence-electron chi connectivity index (χ2n) is 6.64. The van der Waals surface area contributed by atoms with Crippen LogP contribution in [-0.2, 0) is 6.42 Å². The summed E-state index contributed by atoms with van der Waals surface area (Å²) in [6.45, 7) is 9.89. The van der Waals surface area contributed by atoms with Crippen molar-refractivity contribution in [3.63, 3.8) is 0 Å². The number of hydrogen-bond acceptors (Lipinski definition) is 2. The van der Waals surface area contributed by atoms with Crippen LogP contribution in [0.2, 0.25) is 0 Å². The zero-order valence-electron chi connectivity index (χ0n) is 15.6. The third kappa shape index (κ3) is 8.53. The van der Waals surface area contributed by atoms with Crippen molar-refractivity contribution < 1.29 is 5.11 Å². The molecule has 0 aliphatic heterocycles. The lowest BCUT2D eigenvalue weighted by molar-refractivity contribution is 0.143. The molecule has 0 fully saturated rings. The summed E-state index contributed by atoms with van der Waals surface area (Å²) in [6, 6.07) is 8.61. The summed E-state index contributed by atoms with van der Waals surface area (Å²) < 4.78 is 0. The van der Waals surface area contributed by atoms with Crippen LogP contribution in [0.25, 0.3) is 0 Å². The molecule has 0 aliphatic rings. The van der Waals surface area contributed by atoms with Crippen LogP contribution < -0.4 is 0 Å². The van der Waals surface area contributed by atoms with E-state index in [0.29, 0.717) is 0 Å². The van der Waals surface area contributed by atoms with Crippen molar-refractivity contribution in [3.05, 3.63) is 35.4 Å². The molecule has 0 saturated heterocycles. The minimum atomic E-state index is -0.334. The summed E-state index contributed by atoms with van der Waals surface area (Å²) in [5, 5.41) is 10.4. The molecular weight excluding hydrogens is 282 g/mol. The highest BCUT2D eigenvalue weighted by Gasteiger charge is 2.10. The second kappa shape index (κ2) is 12.5. The Kier molecular flexibility index (Phi) is 11.0. The molecule has 0 bridgehead atoms. The summed E-state index contributed by atoms with van der Waals surface area (Å²) in [4.78, 5) is 2.44. The van der Waals surface area contributed by atoms with E-state index in [1.807, 2.05) is 0 Å². The van der Waals surface area contributed by atoms with Gasteiger partial charge in [-0.2, -0.15) is 0 Å². The largest absolute Gasteiger partial charge is 0.388 e. The van der Waals surface area contributed by atoms with E-state index in [4.69, 9.17) is 0 Å². The molecule has 2 nitrogen and oxygen atoms in total. The van der Waals surface area contributed by atoms with E-state index in [0.717, 1.165) is 38.0 Å². The zero-order valence-corrected chi connectivity index (χ0v) is 15.6. The van der Waals surface area contributed by atoms with E-state index in [1.165, 1.54) is 44.1 Å². The van der Waals surface area contributed by atoms with Gasteiger partial charge in [0.2, 0.25) is 0 Å². The topological polar surface area (TPSA) is 23.5 Å². The van der Waals surface area contributed by atoms with Crippen LogP contribution in [0.4, 0.5) is 0 Å². The lowest BCUT2D eigenvalue weighted by atomic mass is 10.0. The molecule has 23 heavy (non-hydrogen) atoms. The second-order valence-corrected chi connectivity index (χ2v) is 6.64. The highest BCUT2D eigenvalue weighted by Crippen LogP contribution is 2.19. The number of unbranched alkanes of at least 4 members (excludes halogenated alkanes) is 4. The Labute approximate surface area is 143 Å². The van der Waals surface area contributed by atoms with Gasteiger partial charge in [0.1, 0.15) is 0 Å². The van der Waals surface area contributed by atoms with Crippen molar-refractivity contribution in [1.29, 1.82) is 0 Å². The molecule has 0 aliphatic carbocycles. The maximum atomic E-state index is 10.4. The van der Waals surface area contributed by atoms with Gasteiger partial charge in [0.25, 0.3) is 0 Å². The van der Waals surface area contributed by atoms with Gasteiger partial charge in [-0.1, -0.05) is 70.7 Å². The molecule has 0 saturated carbocycles. The fourth-order valence-corrected chi connectivity index (χ4v) is 2.94. The lowest BCUT2D eigenvalue weighted by Crippen LogP contribution is -2.26. The fraction of sp³-hybridized carbons (Fsp3) is 0.714. The molecular formula is C21H37NO. The smallest absolute Gasteiger partial charge is 0.0802 e. The van der Waals surface area contributed by atoms with Crippen molar-refractivity contribution in [2.75, 3.05) is 19.6 Å². The van der Waals surface area contributed by atoms with Crippen molar-refractivity contribution in [2.24, 2.45) is 0 Å². The summed E-state index contributed by atoms with van der Waals surface area (Å²) in [5.41, 5.74) is 2.46. The molecule has 2 heteroatoms. The number of aryl methyl sites for hydroxylation is 1. The van der Waals surface area contributed by atoms with Gasteiger partial charge in [-0.25, -0.2) is 0 Å². The predicted octanol–water partition coefficient (Wildman–Crippen LogP) is 5.35. The molecule has 1 unspecified atom stereocenters. The maximum absolute atomic E-state index is 10.4. The standard InChI is InChI=1S/C21H37NO/c1-4-7-9-10-11-19-12-14-20(15-13-19)21(23)16-18-22(6-3)17-8-5-2/h12-15,21,23H,4-11,16-18H2,1-3H3. The van der Waals surface area contributed by atoms with Crippen LogP contribution in [-0.4, -0.2) is 29.6 Å². The molecule has 1 aromatic rings. The first-order valence-electron chi connectivity index (χ1n) is 9.70. The van der Waals surface area contributed by atoms with Gasteiger partial charge < -0.3 is 10.0 Å². The summed E-state index contributed by atoms with van der Waals surface area (Å²) in [5.74, 6) is 0. The first-order valence-corrected chi connectivity index (χ1v) is 9.70. The first-order chi connectivity index (χ1) is 11.2. The normalized spacial score (nSPS) is 12.7. The Bertz CT molecular complexity index is 387. The van der Waals surface area contributed by atoms with Gasteiger partial charge in [0, 0.05) is 6.54 Å². The molecule has 1 atom stereocenters. The van der Waals surface area contributed by atoms with E-state index >= 15 is 0 Å². The van der Waals surface area contributed by atoms with E-state index in [-0.39, 0.29) is 6.10 Å². The van der Waals surface area contributed by atoms with Crippen molar-refractivity contribution in [3.8, 4) is 0 Å². The number of aliphatic hydroxyl groups excluding tert-OH is 1. The van der Waals surface area contributed by atoms with E-state index in [1.54, 1.807) is 0 Å². The highest BCUT2D eigenvalue weighted by molar-refractivity contribution is 5.24. The Morgan fingerprint density at radius 3 is 2.17 bits per heavy atom. The third-order valence-electron chi connectivity index (χ3n) is 4.68. The Hall–Kier alpha value is -0.860. The monoisotopic (exact) mass is 319 g/mol. The van der Waals surface area contributed by atoms with Crippen LogP contribution in [0.5, 0.6) is 0 Å². The van der Waals surface area contributed by atoms with Gasteiger partial charge in [-0.05, 0) is 49.9 Å². The Morgan fingerprint density at radius 2 is 1.57 bits per heavy atom. The molecule has 0 heterocycles. The van der Waals surface area contributed by atoms with Gasteiger partial charge in [0.15, 0.2) is 0 Å². The van der Waals surface area contributed by atoms with Crippen LogP contribution in [0.3, 0.4) is 0 Å². The van der Waals surface area contributed by atoms with E-state index in [2.05, 4.69) is 49.9 Å². The predicted molar refractivity (Wildman–Crippen MR) is 101 cm³/mol. The van der Waals surface area contributed by atoms with Crippen LogP contribution in [0.1, 0.15) is 82.9 Å². The number of benzene rings is 1. The Morgan fingerprint density at radius 1 is 0.870 bits per heavy atom. The zero-order chi connectivity index (χ0) is 16.9. The minimum Gasteiger partial charge on any atom is -0.388 e. The van der Waals surface area contributed by atoms with Crippen LogP contribution >= 0.6 is 0 Å². The van der Waals surface area contributed by atoms with Crippen molar-refractivity contribution in [1.82, 2.24) is 4.90 Å². The van der Waals surface area contributed by atoms with Crippen molar-refractivity contribution >= 4 is 0 Å². The average molecular weight is 320 g/mol. The number of aliphatic hydroxyl groups is 1. The lowest BCUT2D eigenvalue weighted by Gasteiger charge is -2.22. The van der Waals surface area contributed by atoms with Crippen LogP contribution in [0.15, 0.2) is 24.3 Å². The first kappa shape index (κ1) is 20.2. The third-order valence-corrected chi connectivity index (χ3v) is 4.68. The van der Waals surface area contributed by atoms with Crippen LogP contribution in [0, 0.1) is 0 Å². The van der Waals surface area contributed by atoms with E-state index in [9.17, 15) is 5.11 Å². The number of nitrogens with zero attached hydrogens (tertiary/aromatic N) is 1. The summed E-state index contributed by atoms with van der Waals surface area (Å²) >= 11 is 0. The quantitative estimate of drug-likeness (QED) is 0.495. The van der Waals surface area contributed by atoms with Gasteiger partial charge in [-0.15, -0.1) is 0 Å². The molecule has 1 N–H and O–H groups in total. The molecule has 0 radical (unpaired) electrons. The maximum Gasteiger partial charge on any atom is 0.0802 e. The SMILES string of the molecule is CCCCCCc1ccc(C(O)CCN(CC)CCCC)cc1. The van der Waals surface area contributed by atoms with E-state index < -0.39 is 0 Å². The fourth-order valence-electron chi connectivity index (χ4n) is 2.94. The molecule has 0 amide bonds. The summed E-state index contributed by atoms with van der Waals surface area (Å²) in [6.07, 6.45) is 9.37.